The lowest BCUT2D eigenvalue weighted by atomic mass is 10.1. The van der Waals surface area contributed by atoms with Crippen molar-refractivity contribution in [1.29, 1.82) is 0 Å². The molecule has 0 amide bonds. The van der Waals surface area contributed by atoms with E-state index in [2.05, 4.69) is 31.2 Å². The second-order valence-corrected chi connectivity index (χ2v) is 3.06. The quantitative estimate of drug-likeness (QED) is 0.584. The van der Waals surface area contributed by atoms with E-state index < -0.39 is 0 Å². The summed E-state index contributed by atoms with van der Waals surface area (Å²) in [5, 5.41) is 2.50. The van der Waals surface area contributed by atoms with Gasteiger partial charge in [-0.1, -0.05) is 24.3 Å². The van der Waals surface area contributed by atoms with Crippen LogP contribution >= 0.6 is 0 Å². The number of anilines is 1. The molecular formula is C11H11N. The third-order valence-corrected chi connectivity index (χ3v) is 2.12. The van der Waals surface area contributed by atoms with E-state index in [1.807, 2.05) is 12.1 Å². The van der Waals surface area contributed by atoms with Crippen molar-refractivity contribution in [2.45, 2.75) is 6.92 Å². The molecule has 1 nitrogen and oxygen atoms in total. The summed E-state index contributed by atoms with van der Waals surface area (Å²) in [5.41, 5.74) is 7.80. The van der Waals surface area contributed by atoms with Crippen LogP contribution in [0.1, 0.15) is 5.56 Å². The Labute approximate surface area is 71.8 Å². The summed E-state index contributed by atoms with van der Waals surface area (Å²) in [7, 11) is 0. The van der Waals surface area contributed by atoms with Crippen molar-refractivity contribution < 1.29 is 0 Å². The summed E-state index contributed by atoms with van der Waals surface area (Å²) >= 11 is 0. The molecule has 2 N–H and O–H groups in total. The largest absolute Gasteiger partial charge is 0.399 e. The van der Waals surface area contributed by atoms with Crippen LogP contribution in [0.4, 0.5) is 5.69 Å². The van der Waals surface area contributed by atoms with Gasteiger partial charge in [-0.25, -0.2) is 0 Å². The summed E-state index contributed by atoms with van der Waals surface area (Å²) in [6.07, 6.45) is 0. The van der Waals surface area contributed by atoms with Gasteiger partial charge >= 0.3 is 0 Å². The van der Waals surface area contributed by atoms with Crippen molar-refractivity contribution in [3.05, 3.63) is 42.0 Å². The Bertz CT molecular complexity index is 418. The zero-order chi connectivity index (χ0) is 8.55. The van der Waals surface area contributed by atoms with Crippen LogP contribution in [0, 0.1) is 6.92 Å². The van der Waals surface area contributed by atoms with Crippen LogP contribution in [-0.2, 0) is 0 Å². The maximum atomic E-state index is 5.67. The highest BCUT2D eigenvalue weighted by atomic mass is 14.5. The van der Waals surface area contributed by atoms with Crippen LogP contribution in [0.5, 0.6) is 0 Å². The predicted octanol–water partition coefficient (Wildman–Crippen LogP) is 2.73. The molecule has 0 atom stereocenters. The van der Waals surface area contributed by atoms with Crippen LogP contribution in [0.25, 0.3) is 10.8 Å². The summed E-state index contributed by atoms with van der Waals surface area (Å²) < 4.78 is 0. The van der Waals surface area contributed by atoms with Gasteiger partial charge in [0, 0.05) is 5.69 Å². The Balaban J connectivity index is 2.86. The minimum atomic E-state index is 0.827. The van der Waals surface area contributed by atoms with Gasteiger partial charge in [0.05, 0.1) is 0 Å². The molecule has 0 aliphatic rings. The standard InChI is InChI=1S/C11H11N/c1-8-3-2-4-9-7-10(12)5-6-11(8)9/h2-7H,12H2,1H3. The highest BCUT2D eigenvalue weighted by Gasteiger charge is 1.95. The number of nitrogen functional groups attached to an aromatic ring is 1. The average Bonchev–Trinajstić information content (AvgIpc) is 2.04. The number of benzene rings is 2. The molecule has 0 aromatic heterocycles. The third-order valence-electron chi connectivity index (χ3n) is 2.12. The molecule has 0 saturated carbocycles. The van der Waals surface area contributed by atoms with Crippen molar-refractivity contribution in [3.63, 3.8) is 0 Å². The molecule has 0 aliphatic carbocycles. The monoisotopic (exact) mass is 157 g/mol. The van der Waals surface area contributed by atoms with Crippen molar-refractivity contribution in [3.8, 4) is 0 Å². The number of nitrogens with two attached hydrogens (primary N) is 1. The number of fused-ring (bicyclic) bond motifs is 1. The molecule has 0 bridgehead atoms. The molecule has 0 heterocycles. The van der Waals surface area contributed by atoms with Gasteiger partial charge in [-0.15, -0.1) is 0 Å². The molecule has 0 aliphatic heterocycles. The van der Waals surface area contributed by atoms with Gasteiger partial charge in [0.1, 0.15) is 0 Å². The van der Waals surface area contributed by atoms with Crippen LogP contribution in [0.15, 0.2) is 36.4 Å². The van der Waals surface area contributed by atoms with Crippen molar-refractivity contribution in [2.75, 3.05) is 5.73 Å². The van der Waals surface area contributed by atoms with Crippen LogP contribution in [-0.4, -0.2) is 0 Å². The molecular weight excluding hydrogens is 146 g/mol. The van der Waals surface area contributed by atoms with Crippen LogP contribution in [0.3, 0.4) is 0 Å². The Morgan fingerprint density at radius 1 is 1.08 bits per heavy atom. The minimum absolute atomic E-state index is 0.827. The van der Waals surface area contributed by atoms with Gasteiger partial charge in [0.25, 0.3) is 0 Å². The molecule has 2 rings (SSSR count). The summed E-state index contributed by atoms with van der Waals surface area (Å²) in [4.78, 5) is 0. The molecule has 0 radical (unpaired) electrons. The lowest BCUT2D eigenvalue weighted by Crippen LogP contribution is -1.84. The van der Waals surface area contributed by atoms with Crippen LogP contribution in [0.2, 0.25) is 0 Å². The Morgan fingerprint density at radius 2 is 1.92 bits per heavy atom. The highest BCUT2D eigenvalue weighted by Crippen LogP contribution is 2.20. The smallest absolute Gasteiger partial charge is 0.0320 e. The fourth-order valence-electron chi connectivity index (χ4n) is 1.46. The van der Waals surface area contributed by atoms with Crippen molar-refractivity contribution in [2.24, 2.45) is 0 Å². The molecule has 12 heavy (non-hydrogen) atoms. The number of hydrogen-bond acceptors (Lipinski definition) is 1. The molecule has 0 fully saturated rings. The van der Waals surface area contributed by atoms with E-state index in [0.29, 0.717) is 0 Å². The number of aryl methyl sites for hydroxylation is 1. The molecule has 1 heteroatoms. The van der Waals surface area contributed by atoms with Gasteiger partial charge < -0.3 is 5.73 Å². The van der Waals surface area contributed by atoms with E-state index in [1.165, 1.54) is 16.3 Å². The van der Waals surface area contributed by atoms with Crippen molar-refractivity contribution >= 4 is 16.5 Å². The minimum Gasteiger partial charge on any atom is -0.399 e. The van der Waals surface area contributed by atoms with E-state index in [-0.39, 0.29) is 0 Å². The molecule has 2 aromatic carbocycles. The summed E-state index contributed by atoms with van der Waals surface area (Å²) in [6.45, 7) is 2.11. The maximum absolute atomic E-state index is 5.67. The normalized spacial score (nSPS) is 10.4. The first kappa shape index (κ1) is 7.17. The predicted molar refractivity (Wildman–Crippen MR) is 53.1 cm³/mol. The van der Waals surface area contributed by atoms with E-state index >= 15 is 0 Å². The summed E-state index contributed by atoms with van der Waals surface area (Å²) in [5.74, 6) is 0. The summed E-state index contributed by atoms with van der Waals surface area (Å²) in [6, 6.07) is 12.3. The fraction of sp³-hybridized carbons (Fsp3) is 0.0909. The first-order chi connectivity index (χ1) is 5.77. The Hall–Kier alpha value is -1.50. The lowest BCUT2D eigenvalue weighted by molar-refractivity contribution is 1.53. The molecule has 0 spiro atoms. The second-order valence-electron chi connectivity index (χ2n) is 3.06. The van der Waals surface area contributed by atoms with Gasteiger partial charge in [0.15, 0.2) is 0 Å². The SMILES string of the molecule is Cc1cccc2cc(N)ccc12. The Kier molecular flexibility index (Phi) is 1.51. The van der Waals surface area contributed by atoms with E-state index in [0.717, 1.165) is 5.69 Å². The second kappa shape index (κ2) is 2.52. The van der Waals surface area contributed by atoms with Gasteiger partial charge in [-0.05, 0) is 35.4 Å². The van der Waals surface area contributed by atoms with Crippen molar-refractivity contribution in [1.82, 2.24) is 0 Å². The van der Waals surface area contributed by atoms with Gasteiger partial charge in [-0.2, -0.15) is 0 Å². The zero-order valence-electron chi connectivity index (χ0n) is 7.04. The average molecular weight is 157 g/mol. The van der Waals surface area contributed by atoms with Crippen LogP contribution < -0.4 is 5.73 Å². The maximum Gasteiger partial charge on any atom is 0.0320 e. The number of rotatable bonds is 0. The highest BCUT2D eigenvalue weighted by molar-refractivity contribution is 5.87. The number of hydrogen-bond donors (Lipinski definition) is 1. The van der Waals surface area contributed by atoms with E-state index in [9.17, 15) is 0 Å². The molecule has 0 saturated heterocycles. The zero-order valence-corrected chi connectivity index (χ0v) is 7.04. The fourth-order valence-corrected chi connectivity index (χ4v) is 1.46. The van der Waals surface area contributed by atoms with Gasteiger partial charge in [0.2, 0.25) is 0 Å². The van der Waals surface area contributed by atoms with Gasteiger partial charge in [-0.3, -0.25) is 0 Å². The van der Waals surface area contributed by atoms with E-state index in [4.69, 9.17) is 5.73 Å². The molecule has 2 aromatic rings. The molecule has 0 unspecified atom stereocenters. The molecule has 60 valence electrons. The topological polar surface area (TPSA) is 26.0 Å². The first-order valence-electron chi connectivity index (χ1n) is 4.02. The Morgan fingerprint density at radius 3 is 2.75 bits per heavy atom. The van der Waals surface area contributed by atoms with E-state index in [1.54, 1.807) is 0 Å². The third kappa shape index (κ3) is 1.03. The first-order valence-corrected chi connectivity index (χ1v) is 4.02. The lowest BCUT2D eigenvalue weighted by Gasteiger charge is -2.01.